The van der Waals surface area contributed by atoms with E-state index in [1.54, 1.807) is 0 Å². The molecule has 0 saturated heterocycles. The van der Waals surface area contributed by atoms with Crippen molar-refractivity contribution in [2.24, 2.45) is 5.11 Å². The van der Waals surface area contributed by atoms with Crippen molar-refractivity contribution in [2.45, 2.75) is 45.1 Å². The Bertz CT molecular complexity index is 213. The topological polar surface area (TPSA) is 91.9 Å². The van der Waals surface area contributed by atoms with Crippen LogP contribution >= 0.6 is 0 Å². The van der Waals surface area contributed by atoms with Gasteiger partial charge in [0.1, 0.15) is 6.04 Å². The van der Waals surface area contributed by atoms with E-state index in [1.807, 2.05) is 0 Å². The van der Waals surface area contributed by atoms with Crippen LogP contribution in [0.1, 0.15) is 39.0 Å². The van der Waals surface area contributed by atoms with E-state index < -0.39 is 11.0 Å². The second-order valence-corrected chi connectivity index (χ2v) is 3.22. The quantitative estimate of drug-likeness (QED) is 0.150. The van der Waals surface area contributed by atoms with E-state index in [1.165, 1.54) is 0 Å². The van der Waals surface area contributed by atoms with Crippen molar-refractivity contribution in [1.82, 2.24) is 0 Å². The van der Waals surface area contributed by atoms with Gasteiger partial charge in [0.05, 0.1) is 0 Å². The van der Waals surface area contributed by atoms with Gasteiger partial charge < -0.3 is 0 Å². The smallest absolute Gasteiger partial charge is 0.212 e. The van der Waals surface area contributed by atoms with Gasteiger partial charge in [0, 0.05) is 9.84 Å². The molecule has 80 valence electrons. The van der Waals surface area contributed by atoms with Crippen LogP contribution in [0.3, 0.4) is 0 Å². The minimum absolute atomic E-state index is 0.254. The van der Waals surface area contributed by atoms with E-state index in [0.717, 1.165) is 25.7 Å². The van der Waals surface area contributed by atoms with Gasteiger partial charge in [0.15, 0.2) is 0 Å². The van der Waals surface area contributed by atoms with E-state index in [2.05, 4.69) is 16.9 Å². The molecule has 6 heteroatoms. The van der Waals surface area contributed by atoms with Gasteiger partial charge in [-0.2, -0.15) is 0 Å². The first-order chi connectivity index (χ1) is 6.70. The number of hydrogen-bond donors (Lipinski definition) is 0. The van der Waals surface area contributed by atoms with Crippen LogP contribution in [0.4, 0.5) is 0 Å². The Morgan fingerprint density at radius 3 is 2.71 bits per heavy atom. The number of rotatable bonds is 8. The summed E-state index contributed by atoms with van der Waals surface area (Å²) in [6.45, 7) is 1.85. The maximum Gasteiger partial charge on any atom is 0.212 e. The summed E-state index contributed by atoms with van der Waals surface area (Å²) in [6.07, 6.45) is 4.81. The van der Waals surface area contributed by atoms with Gasteiger partial charge in [-0.25, -0.2) is 0 Å². The minimum Gasteiger partial charge on any atom is -0.265 e. The fourth-order valence-electron chi connectivity index (χ4n) is 1.24. The standard InChI is InChI=1S/C8H16N4O2/c1-2-3-4-5-6-8(10-11-9)7-12(13)14/h8H,2-7H2,1H3. The zero-order chi connectivity index (χ0) is 10.8. The zero-order valence-electron chi connectivity index (χ0n) is 8.43. The molecule has 0 radical (unpaired) electrons. The molecule has 0 amide bonds. The lowest BCUT2D eigenvalue weighted by atomic mass is 10.1. The van der Waals surface area contributed by atoms with Crippen LogP contribution in [0.25, 0.3) is 10.4 Å². The van der Waals surface area contributed by atoms with Crippen LogP contribution in [0.15, 0.2) is 5.11 Å². The Morgan fingerprint density at radius 2 is 2.21 bits per heavy atom. The third-order valence-corrected chi connectivity index (χ3v) is 1.97. The van der Waals surface area contributed by atoms with Crippen molar-refractivity contribution in [3.8, 4) is 0 Å². The van der Waals surface area contributed by atoms with Gasteiger partial charge >= 0.3 is 0 Å². The molecule has 1 unspecified atom stereocenters. The lowest BCUT2D eigenvalue weighted by Crippen LogP contribution is -2.17. The van der Waals surface area contributed by atoms with Crippen LogP contribution in [0.5, 0.6) is 0 Å². The highest BCUT2D eigenvalue weighted by atomic mass is 16.6. The summed E-state index contributed by atoms with van der Waals surface area (Å²) in [5.74, 6) is 0. The molecule has 0 heterocycles. The molecule has 14 heavy (non-hydrogen) atoms. The third kappa shape index (κ3) is 7.36. The fourth-order valence-corrected chi connectivity index (χ4v) is 1.24. The average Bonchev–Trinajstić information content (AvgIpc) is 2.12. The van der Waals surface area contributed by atoms with Gasteiger partial charge in [-0.3, -0.25) is 10.1 Å². The number of unbranched alkanes of at least 4 members (excludes halogenated alkanes) is 3. The van der Waals surface area contributed by atoms with E-state index >= 15 is 0 Å². The molecule has 0 rings (SSSR count). The zero-order valence-corrected chi connectivity index (χ0v) is 8.43. The van der Waals surface area contributed by atoms with Gasteiger partial charge in [-0.1, -0.05) is 37.7 Å². The molecular formula is C8H16N4O2. The molecule has 6 nitrogen and oxygen atoms in total. The Balaban J connectivity index is 3.73. The lowest BCUT2D eigenvalue weighted by Gasteiger charge is -2.04. The molecule has 1 atom stereocenters. The molecule has 0 fully saturated rings. The fraction of sp³-hybridized carbons (Fsp3) is 1.00. The maximum absolute atomic E-state index is 10.2. The third-order valence-electron chi connectivity index (χ3n) is 1.97. The SMILES string of the molecule is CCCCCCC(C[N+](=O)[O-])N=[N+]=[N-]. The summed E-state index contributed by atoms with van der Waals surface area (Å²) in [6, 6.07) is -0.480. The van der Waals surface area contributed by atoms with Crippen LogP contribution in [0, 0.1) is 10.1 Å². The van der Waals surface area contributed by atoms with Crippen LogP contribution in [-0.4, -0.2) is 17.5 Å². The first-order valence-corrected chi connectivity index (χ1v) is 4.86. The van der Waals surface area contributed by atoms with Crippen molar-refractivity contribution < 1.29 is 4.92 Å². The number of azide groups is 1. The van der Waals surface area contributed by atoms with Gasteiger partial charge in [0.25, 0.3) is 0 Å². The summed E-state index contributed by atoms with van der Waals surface area (Å²) in [7, 11) is 0. The molecule has 0 spiro atoms. The van der Waals surface area contributed by atoms with E-state index in [4.69, 9.17) is 5.53 Å². The summed E-state index contributed by atoms with van der Waals surface area (Å²) in [5, 5.41) is 13.6. The molecular weight excluding hydrogens is 184 g/mol. The molecule has 0 aliphatic carbocycles. The minimum atomic E-state index is -0.480. The molecule has 0 bridgehead atoms. The highest BCUT2D eigenvalue weighted by molar-refractivity contribution is 4.65. The van der Waals surface area contributed by atoms with Crippen molar-refractivity contribution in [3.63, 3.8) is 0 Å². The maximum atomic E-state index is 10.2. The van der Waals surface area contributed by atoms with Crippen molar-refractivity contribution in [1.29, 1.82) is 0 Å². The predicted molar refractivity (Wildman–Crippen MR) is 53.6 cm³/mol. The predicted octanol–water partition coefficient (Wildman–Crippen LogP) is 2.91. The second kappa shape index (κ2) is 8.31. The summed E-state index contributed by atoms with van der Waals surface area (Å²) in [5.41, 5.74) is 8.19. The first-order valence-electron chi connectivity index (χ1n) is 4.86. The normalized spacial score (nSPS) is 11.8. The van der Waals surface area contributed by atoms with E-state index in [0.29, 0.717) is 6.42 Å². The lowest BCUT2D eigenvalue weighted by molar-refractivity contribution is -0.482. The van der Waals surface area contributed by atoms with Crippen molar-refractivity contribution >= 4 is 0 Å². The highest BCUT2D eigenvalue weighted by Crippen LogP contribution is 2.08. The largest absolute Gasteiger partial charge is 0.265 e. The first kappa shape index (κ1) is 12.7. The Kier molecular flexibility index (Phi) is 7.55. The van der Waals surface area contributed by atoms with Crippen molar-refractivity contribution in [3.05, 3.63) is 20.6 Å². The molecule has 0 aromatic carbocycles. The van der Waals surface area contributed by atoms with Gasteiger partial charge in [0.2, 0.25) is 6.54 Å². The van der Waals surface area contributed by atoms with Gasteiger partial charge in [-0.05, 0) is 12.0 Å². The number of hydrogen-bond acceptors (Lipinski definition) is 3. The Morgan fingerprint density at radius 1 is 1.50 bits per heavy atom. The molecule has 0 aliphatic rings. The monoisotopic (exact) mass is 200 g/mol. The molecule has 0 aromatic heterocycles. The summed E-state index contributed by atoms with van der Waals surface area (Å²) in [4.78, 5) is 12.4. The summed E-state index contributed by atoms with van der Waals surface area (Å²) < 4.78 is 0. The number of nitro groups is 1. The Labute approximate surface area is 83.1 Å². The highest BCUT2D eigenvalue weighted by Gasteiger charge is 2.12. The van der Waals surface area contributed by atoms with E-state index in [9.17, 15) is 10.1 Å². The Hall–Kier alpha value is -1.29. The molecule has 0 aromatic rings. The summed E-state index contributed by atoms with van der Waals surface area (Å²) >= 11 is 0. The van der Waals surface area contributed by atoms with Gasteiger partial charge in [-0.15, -0.1) is 0 Å². The molecule has 0 aliphatic heterocycles. The van der Waals surface area contributed by atoms with Crippen LogP contribution in [0.2, 0.25) is 0 Å². The van der Waals surface area contributed by atoms with Crippen molar-refractivity contribution in [2.75, 3.05) is 6.54 Å². The van der Waals surface area contributed by atoms with Crippen LogP contribution in [-0.2, 0) is 0 Å². The molecule has 0 saturated carbocycles. The number of nitrogens with zero attached hydrogens (tertiary/aromatic N) is 4. The van der Waals surface area contributed by atoms with Crippen LogP contribution < -0.4 is 0 Å². The van der Waals surface area contributed by atoms with E-state index in [-0.39, 0.29) is 6.54 Å². The second-order valence-electron chi connectivity index (χ2n) is 3.22. The average molecular weight is 200 g/mol. The molecule has 0 N–H and O–H groups in total.